The Morgan fingerprint density at radius 2 is 2.00 bits per heavy atom. The van der Waals surface area contributed by atoms with Gasteiger partial charge in [-0.15, -0.1) is 0 Å². The summed E-state index contributed by atoms with van der Waals surface area (Å²) < 4.78 is 2.79. The minimum atomic E-state index is -0.151. The predicted octanol–water partition coefficient (Wildman–Crippen LogP) is 4.48. The first-order valence-electron chi connectivity index (χ1n) is 7.80. The van der Waals surface area contributed by atoms with Gasteiger partial charge in [0, 0.05) is 19.0 Å². The van der Waals surface area contributed by atoms with E-state index in [1.807, 2.05) is 54.1 Å². The van der Waals surface area contributed by atoms with E-state index in [0.717, 1.165) is 33.2 Å². The maximum atomic E-state index is 12.6. The van der Waals surface area contributed by atoms with E-state index in [0.29, 0.717) is 6.54 Å². The summed E-state index contributed by atoms with van der Waals surface area (Å²) >= 11 is 3.49. The Hall–Kier alpha value is -2.34. The summed E-state index contributed by atoms with van der Waals surface area (Å²) in [6, 6.07) is 13.7. The number of halogens is 1. The Balaban J connectivity index is 1.77. The van der Waals surface area contributed by atoms with Crippen LogP contribution in [-0.4, -0.2) is 27.8 Å². The van der Waals surface area contributed by atoms with Gasteiger partial charge >= 0.3 is 6.03 Å². The van der Waals surface area contributed by atoms with Crippen LogP contribution >= 0.6 is 15.9 Å². The first-order chi connectivity index (χ1) is 11.6. The van der Waals surface area contributed by atoms with Gasteiger partial charge in [-0.3, -0.25) is 4.68 Å². The molecule has 0 radical (unpaired) electrons. The molecule has 1 aromatic heterocycles. The molecule has 3 aromatic rings. The van der Waals surface area contributed by atoms with Crippen molar-refractivity contribution in [3.63, 3.8) is 0 Å². The topological polar surface area (TPSA) is 50.2 Å². The van der Waals surface area contributed by atoms with E-state index in [4.69, 9.17) is 0 Å². The highest BCUT2D eigenvalue weighted by atomic mass is 79.9. The number of hydrogen-bond donors (Lipinski definition) is 1. The average Bonchev–Trinajstić information content (AvgIpc) is 2.95. The lowest BCUT2D eigenvalue weighted by Crippen LogP contribution is -2.31. The fraction of sp³-hybridized carbons (Fsp3) is 0.222. The van der Waals surface area contributed by atoms with Crippen molar-refractivity contribution in [2.24, 2.45) is 0 Å². The number of nitrogens with zero attached hydrogens (tertiary/aromatic N) is 3. The van der Waals surface area contributed by atoms with Crippen molar-refractivity contribution in [3.8, 4) is 0 Å². The van der Waals surface area contributed by atoms with Crippen LogP contribution < -0.4 is 5.32 Å². The van der Waals surface area contributed by atoms with Crippen molar-refractivity contribution in [1.29, 1.82) is 0 Å². The van der Waals surface area contributed by atoms with Gasteiger partial charge in [-0.2, -0.15) is 5.10 Å². The third kappa shape index (κ3) is 3.28. The maximum absolute atomic E-state index is 12.6. The van der Waals surface area contributed by atoms with Crippen LogP contribution in [0.5, 0.6) is 0 Å². The number of amides is 2. The van der Waals surface area contributed by atoms with Gasteiger partial charge in [0.1, 0.15) is 0 Å². The van der Waals surface area contributed by atoms with Crippen LogP contribution in [0.1, 0.15) is 12.6 Å². The number of nitrogens with one attached hydrogen (secondary N) is 1. The molecule has 5 nitrogen and oxygen atoms in total. The molecule has 2 amide bonds. The molecule has 24 heavy (non-hydrogen) atoms. The lowest BCUT2D eigenvalue weighted by molar-refractivity contribution is 0.219. The molecule has 0 unspecified atom stereocenters. The molecule has 0 aliphatic carbocycles. The van der Waals surface area contributed by atoms with E-state index < -0.39 is 0 Å². The first-order valence-corrected chi connectivity index (χ1v) is 8.59. The quantitative estimate of drug-likeness (QED) is 0.718. The number of anilines is 1. The van der Waals surface area contributed by atoms with Crippen molar-refractivity contribution >= 4 is 38.4 Å². The van der Waals surface area contributed by atoms with Crippen molar-refractivity contribution in [2.75, 3.05) is 12.4 Å². The largest absolute Gasteiger partial charge is 0.322 e. The first kappa shape index (κ1) is 16.5. The molecule has 0 saturated carbocycles. The SMILES string of the molecule is CCn1ncc(Br)c1CN(C)C(=O)Nc1cccc2ccccc12. The number of hydrogen-bond acceptors (Lipinski definition) is 2. The standard InChI is InChI=1S/C18H19BrN4O/c1-3-23-17(15(19)11-20-23)12-22(2)18(24)21-16-10-6-8-13-7-4-5-9-14(13)16/h4-11H,3,12H2,1-2H3,(H,21,24). The van der Waals surface area contributed by atoms with E-state index in [1.165, 1.54) is 0 Å². The molecular weight excluding hydrogens is 368 g/mol. The number of aromatic nitrogens is 2. The van der Waals surface area contributed by atoms with Crippen LogP contribution in [-0.2, 0) is 13.1 Å². The molecule has 0 spiro atoms. The van der Waals surface area contributed by atoms with Crippen LogP contribution in [0.3, 0.4) is 0 Å². The summed E-state index contributed by atoms with van der Waals surface area (Å²) in [4.78, 5) is 14.2. The number of carbonyl (C=O) groups excluding carboxylic acids is 1. The third-order valence-electron chi connectivity index (χ3n) is 3.96. The normalized spacial score (nSPS) is 10.8. The summed E-state index contributed by atoms with van der Waals surface area (Å²) in [7, 11) is 1.78. The van der Waals surface area contributed by atoms with E-state index in [1.54, 1.807) is 18.1 Å². The number of aryl methyl sites for hydroxylation is 1. The van der Waals surface area contributed by atoms with E-state index in [9.17, 15) is 4.79 Å². The van der Waals surface area contributed by atoms with Crippen molar-refractivity contribution in [1.82, 2.24) is 14.7 Å². The molecule has 0 fully saturated rings. The van der Waals surface area contributed by atoms with Gasteiger partial charge in [-0.05, 0) is 34.3 Å². The van der Waals surface area contributed by atoms with Gasteiger partial charge < -0.3 is 10.2 Å². The Kier molecular flexibility index (Phi) is 4.85. The van der Waals surface area contributed by atoms with E-state index in [2.05, 4.69) is 26.3 Å². The Morgan fingerprint density at radius 1 is 1.25 bits per heavy atom. The fourth-order valence-electron chi connectivity index (χ4n) is 2.66. The number of carbonyl (C=O) groups is 1. The smallest absolute Gasteiger partial charge is 0.321 e. The van der Waals surface area contributed by atoms with Crippen LogP contribution in [0.25, 0.3) is 10.8 Å². The number of benzene rings is 2. The number of rotatable bonds is 4. The summed E-state index contributed by atoms with van der Waals surface area (Å²) in [6.45, 7) is 3.27. The monoisotopic (exact) mass is 386 g/mol. The molecule has 1 N–H and O–H groups in total. The predicted molar refractivity (Wildman–Crippen MR) is 100 cm³/mol. The van der Waals surface area contributed by atoms with Gasteiger partial charge in [0.15, 0.2) is 0 Å². The highest BCUT2D eigenvalue weighted by molar-refractivity contribution is 9.10. The Bertz CT molecular complexity index is 869. The second-order valence-corrected chi connectivity index (χ2v) is 6.42. The molecule has 3 rings (SSSR count). The second kappa shape index (κ2) is 7.05. The van der Waals surface area contributed by atoms with E-state index >= 15 is 0 Å². The van der Waals surface area contributed by atoms with Gasteiger partial charge in [0.25, 0.3) is 0 Å². The van der Waals surface area contributed by atoms with Crippen LogP contribution in [0.2, 0.25) is 0 Å². The third-order valence-corrected chi connectivity index (χ3v) is 4.62. The Morgan fingerprint density at radius 3 is 2.79 bits per heavy atom. The maximum Gasteiger partial charge on any atom is 0.321 e. The zero-order valence-corrected chi connectivity index (χ0v) is 15.2. The molecule has 2 aromatic carbocycles. The van der Waals surface area contributed by atoms with E-state index in [-0.39, 0.29) is 6.03 Å². The summed E-state index contributed by atoms with van der Waals surface area (Å²) in [5.41, 5.74) is 1.79. The summed E-state index contributed by atoms with van der Waals surface area (Å²) in [6.07, 6.45) is 1.76. The van der Waals surface area contributed by atoms with Gasteiger partial charge in [0.2, 0.25) is 0 Å². The molecule has 124 valence electrons. The summed E-state index contributed by atoms with van der Waals surface area (Å²) in [5, 5.41) is 9.41. The van der Waals surface area contributed by atoms with Crippen molar-refractivity contribution in [3.05, 3.63) is 58.8 Å². The van der Waals surface area contributed by atoms with Crippen LogP contribution in [0.4, 0.5) is 10.5 Å². The van der Waals surface area contributed by atoms with Gasteiger partial charge in [-0.1, -0.05) is 36.4 Å². The van der Waals surface area contributed by atoms with Crippen molar-refractivity contribution < 1.29 is 4.79 Å². The molecule has 0 bridgehead atoms. The Labute approximate surface area is 149 Å². The average molecular weight is 387 g/mol. The van der Waals surface area contributed by atoms with Crippen LogP contribution in [0, 0.1) is 0 Å². The zero-order chi connectivity index (χ0) is 17.1. The molecule has 0 aliphatic rings. The molecule has 0 atom stereocenters. The highest BCUT2D eigenvalue weighted by Gasteiger charge is 2.15. The van der Waals surface area contributed by atoms with Gasteiger partial charge in [0.05, 0.1) is 28.6 Å². The molecule has 0 aliphatic heterocycles. The fourth-order valence-corrected chi connectivity index (χ4v) is 3.08. The molecular formula is C18H19BrN4O. The zero-order valence-electron chi connectivity index (χ0n) is 13.7. The molecule has 0 saturated heterocycles. The summed E-state index contributed by atoms with van der Waals surface area (Å²) in [5.74, 6) is 0. The van der Waals surface area contributed by atoms with Gasteiger partial charge in [-0.25, -0.2) is 4.79 Å². The minimum Gasteiger partial charge on any atom is -0.322 e. The number of fused-ring (bicyclic) bond motifs is 1. The highest BCUT2D eigenvalue weighted by Crippen LogP contribution is 2.23. The van der Waals surface area contributed by atoms with Crippen molar-refractivity contribution in [2.45, 2.75) is 20.0 Å². The lowest BCUT2D eigenvalue weighted by Gasteiger charge is -2.19. The molecule has 6 heteroatoms. The number of urea groups is 1. The van der Waals surface area contributed by atoms with Crippen LogP contribution in [0.15, 0.2) is 53.1 Å². The minimum absolute atomic E-state index is 0.151. The second-order valence-electron chi connectivity index (χ2n) is 5.57. The lowest BCUT2D eigenvalue weighted by atomic mass is 10.1. The molecule has 1 heterocycles.